The topological polar surface area (TPSA) is 49.8 Å². The van der Waals surface area contributed by atoms with Crippen LogP contribution in [0.4, 0.5) is 10.1 Å². The lowest BCUT2D eigenvalue weighted by Gasteiger charge is -2.24. The number of halogens is 1. The van der Waals surface area contributed by atoms with Crippen LogP contribution in [-0.4, -0.2) is 24.2 Å². The molecule has 0 aliphatic heterocycles. The van der Waals surface area contributed by atoms with Crippen LogP contribution >= 0.6 is 12.6 Å². The van der Waals surface area contributed by atoms with Crippen molar-refractivity contribution in [1.82, 2.24) is 0 Å². The molecule has 0 saturated carbocycles. The second-order valence-electron chi connectivity index (χ2n) is 9.41. The Hall–Kier alpha value is -3.61. The third kappa shape index (κ3) is 14.5. The van der Waals surface area contributed by atoms with E-state index in [9.17, 15) is 9.18 Å². The van der Waals surface area contributed by atoms with Crippen LogP contribution in [0.5, 0.6) is 5.75 Å². The maximum absolute atomic E-state index is 13.6. The van der Waals surface area contributed by atoms with Gasteiger partial charge in [-0.05, 0) is 56.7 Å². The maximum atomic E-state index is 13.6. The molecule has 6 heteroatoms. The van der Waals surface area contributed by atoms with E-state index >= 15 is 0 Å². The Morgan fingerprint density at radius 2 is 1.41 bits per heavy atom. The molecule has 1 amide bonds. The predicted octanol–water partition coefficient (Wildman–Crippen LogP) is 8.75. The lowest BCUT2D eigenvalue weighted by atomic mass is 10.1. The Balaban J connectivity index is 0.000000376. The first-order valence-electron chi connectivity index (χ1n) is 13.8. The summed E-state index contributed by atoms with van der Waals surface area (Å²) < 4.78 is 19.1. The summed E-state index contributed by atoms with van der Waals surface area (Å²) in [4.78, 5) is 14.6. The molecule has 1 N–H and O–H groups in total. The van der Waals surface area contributed by atoms with E-state index in [0.717, 1.165) is 16.0 Å². The number of carbonyl (C=O) groups is 1. The van der Waals surface area contributed by atoms with Crippen LogP contribution < -0.4 is 9.64 Å². The zero-order chi connectivity index (χ0) is 30.6. The monoisotopic (exact) mass is 577 g/mol. The number of nitrogens with zero attached hydrogens (tertiary/aromatic N) is 1. The lowest BCUT2D eigenvalue weighted by Crippen LogP contribution is -2.29. The Kier molecular flexibility index (Phi) is 17.5. The van der Waals surface area contributed by atoms with Crippen LogP contribution in [0.1, 0.15) is 49.4 Å². The van der Waals surface area contributed by atoms with E-state index in [1.54, 1.807) is 12.1 Å². The minimum absolute atomic E-state index is 0.0895. The molecule has 4 nitrogen and oxygen atoms in total. The van der Waals surface area contributed by atoms with Crippen LogP contribution in [0.25, 0.3) is 0 Å². The number of amides is 1. The summed E-state index contributed by atoms with van der Waals surface area (Å²) in [7, 11) is 0. The van der Waals surface area contributed by atoms with Crippen molar-refractivity contribution in [3.63, 3.8) is 0 Å². The third-order valence-corrected chi connectivity index (χ3v) is 5.76. The van der Waals surface area contributed by atoms with E-state index in [1.807, 2.05) is 67.6 Å². The van der Waals surface area contributed by atoms with Gasteiger partial charge in [0.25, 0.3) is 0 Å². The summed E-state index contributed by atoms with van der Waals surface area (Å²) >= 11 is 4.13. The SMILES string of the molecule is CC(=O)N(Cc1ccccc1OCCO)c1cc(F)ccc1C.CCC.Cc1ccc(S)cc1.Cc1ccccc1. The highest BCUT2D eigenvalue weighted by Crippen LogP contribution is 2.26. The number of anilines is 1. The van der Waals surface area contributed by atoms with Gasteiger partial charge in [-0.1, -0.05) is 98.1 Å². The molecule has 0 atom stereocenters. The van der Waals surface area contributed by atoms with Gasteiger partial charge in [0.05, 0.1) is 13.2 Å². The molecule has 4 aromatic carbocycles. The van der Waals surface area contributed by atoms with Crippen LogP contribution in [-0.2, 0) is 11.3 Å². The second-order valence-corrected chi connectivity index (χ2v) is 9.93. The number of para-hydroxylation sites is 1. The number of rotatable bonds is 6. The van der Waals surface area contributed by atoms with Crippen molar-refractivity contribution in [1.29, 1.82) is 0 Å². The van der Waals surface area contributed by atoms with Crippen molar-refractivity contribution in [2.24, 2.45) is 0 Å². The molecular weight excluding hydrogens is 533 g/mol. The van der Waals surface area contributed by atoms with E-state index in [1.165, 1.54) is 41.5 Å². The van der Waals surface area contributed by atoms with Gasteiger partial charge in [0, 0.05) is 23.1 Å². The van der Waals surface area contributed by atoms with Gasteiger partial charge in [-0.3, -0.25) is 4.79 Å². The summed E-state index contributed by atoms with van der Waals surface area (Å²) in [5.41, 5.74) is 4.75. The smallest absolute Gasteiger partial charge is 0.224 e. The van der Waals surface area contributed by atoms with Gasteiger partial charge >= 0.3 is 0 Å². The predicted molar refractivity (Wildman–Crippen MR) is 173 cm³/mol. The summed E-state index contributed by atoms with van der Waals surface area (Å²) in [6, 6.07) is 30.0. The Bertz CT molecular complexity index is 1260. The summed E-state index contributed by atoms with van der Waals surface area (Å²) in [5.74, 6) is 0.0270. The fourth-order valence-electron chi connectivity index (χ4n) is 3.42. The molecule has 0 bridgehead atoms. The largest absolute Gasteiger partial charge is 0.491 e. The highest BCUT2D eigenvalue weighted by atomic mass is 32.1. The fraction of sp³-hybridized carbons (Fsp3) is 0.286. The van der Waals surface area contributed by atoms with Crippen molar-refractivity contribution >= 4 is 24.2 Å². The number of thiol groups is 1. The van der Waals surface area contributed by atoms with Gasteiger partial charge in [-0.25, -0.2) is 4.39 Å². The fourth-order valence-corrected chi connectivity index (χ4v) is 3.57. The Morgan fingerprint density at radius 1 is 0.854 bits per heavy atom. The standard InChI is InChI=1S/C18H20FNO3.C7H8S.C7H8.C3H8/c1-13-7-8-16(19)11-17(13)20(14(2)22)12-15-5-3-4-6-18(15)23-10-9-21;1-6-2-4-7(8)5-3-6;1-7-5-3-2-4-6-7;1-3-2/h3-8,11,21H,9-10,12H2,1-2H3;2-5,8H,1H3;2-6H,1H3;3H2,1-2H3. The van der Waals surface area contributed by atoms with Crippen LogP contribution in [0.3, 0.4) is 0 Å². The molecule has 4 rings (SSSR count). The minimum Gasteiger partial charge on any atom is -0.491 e. The molecule has 0 radical (unpaired) electrons. The van der Waals surface area contributed by atoms with Crippen LogP contribution in [0.15, 0.2) is 102 Å². The molecule has 4 aromatic rings. The van der Waals surface area contributed by atoms with Crippen LogP contribution in [0.2, 0.25) is 0 Å². The van der Waals surface area contributed by atoms with Gasteiger partial charge in [-0.15, -0.1) is 12.6 Å². The first kappa shape index (κ1) is 35.4. The highest BCUT2D eigenvalue weighted by Gasteiger charge is 2.17. The summed E-state index contributed by atoms with van der Waals surface area (Å²) in [6.45, 7) is 12.0. The van der Waals surface area contributed by atoms with Crippen molar-refractivity contribution in [3.8, 4) is 5.75 Å². The molecule has 0 fully saturated rings. The molecule has 41 heavy (non-hydrogen) atoms. The van der Waals surface area contributed by atoms with Gasteiger partial charge in [-0.2, -0.15) is 0 Å². The average molecular weight is 578 g/mol. The van der Waals surface area contributed by atoms with E-state index in [2.05, 4.69) is 52.5 Å². The van der Waals surface area contributed by atoms with E-state index in [-0.39, 0.29) is 31.5 Å². The number of aliphatic hydroxyl groups excluding tert-OH is 1. The summed E-state index contributed by atoms with van der Waals surface area (Å²) in [6.07, 6.45) is 1.25. The molecular formula is C35H44FNO3S. The highest BCUT2D eigenvalue weighted by molar-refractivity contribution is 7.80. The van der Waals surface area contributed by atoms with Gasteiger partial charge in [0.2, 0.25) is 5.91 Å². The van der Waals surface area contributed by atoms with Gasteiger partial charge < -0.3 is 14.7 Å². The van der Waals surface area contributed by atoms with Crippen molar-refractivity contribution in [3.05, 3.63) is 125 Å². The normalized spacial score (nSPS) is 9.59. The molecule has 0 aromatic heterocycles. The van der Waals surface area contributed by atoms with E-state index < -0.39 is 0 Å². The zero-order valence-corrected chi connectivity index (χ0v) is 26.0. The van der Waals surface area contributed by atoms with Crippen molar-refractivity contribution < 1.29 is 19.0 Å². The average Bonchev–Trinajstić information content (AvgIpc) is 2.95. The molecule has 0 spiro atoms. The molecule has 0 saturated heterocycles. The number of aliphatic hydroxyl groups is 1. The quantitative estimate of drug-likeness (QED) is 0.225. The lowest BCUT2D eigenvalue weighted by molar-refractivity contribution is -0.116. The van der Waals surface area contributed by atoms with Crippen LogP contribution in [0, 0.1) is 26.6 Å². The number of carbonyl (C=O) groups excluding carboxylic acids is 1. The van der Waals surface area contributed by atoms with E-state index in [0.29, 0.717) is 11.4 Å². The Labute approximate surface area is 251 Å². The number of hydrogen-bond acceptors (Lipinski definition) is 4. The molecule has 0 aliphatic carbocycles. The van der Waals surface area contributed by atoms with Crippen molar-refractivity contribution in [2.75, 3.05) is 18.1 Å². The zero-order valence-electron chi connectivity index (χ0n) is 25.1. The molecule has 0 unspecified atom stereocenters. The Morgan fingerprint density at radius 3 is 1.93 bits per heavy atom. The number of ether oxygens (including phenoxy) is 1. The van der Waals surface area contributed by atoms with E-state index in [4.69, 9.17) is 9.84 Å². The van der Waals surface area contributed by atoms with Gasteiger partial charge in [0.1, 0.15) is 18.2 Å². The first-order chi connectivity index (χ1) is 19.6. The minimum atomic E-state index is -0.387. The number of aryl methyl sites for hydroxylation is 3. The molecule has 220 valence electrons. The summed E-state index contributed by atoms with van der Waals surface area (Å²) in [5, 5.41) is 8.90. The first-order valence-corrected chi connectivity index (χ1v) is 14.2. The number of hydrogen-bond donors (Lipinski definition) is 2. The van der Waals surface area contributed by atoms with Gasteiger partial charge in [0.15, 0.2) is 0 Å². The number of benzene rings is 4. The molecule has 0 heterocycles. The molecule has 0 aliphatic rings. The van der Waals surface area contributed by atoms with Crippen molar-refractivity contribution in [2.45, 2.75) is 59.4 Å². The third-order valence-electron chi connectivity index (χ3n) is 5.47. The maximum Gasteiger partial charge on any atom is 0.224 e. The second kappa shape index (κ2) is 20.3.